The molecule has 1 amide bonds. The van der Waals surface area contributed by atoms with E-state index >= 15 is 0 Å². The molecule has 3 atom stereocenters. The van der Waals surface area contributed by atoms with E-state index in [0.717, 1.165) is 34.9 Å². The lowest BCUT2D eigenvalue weighted by Gasteiger charge is -2.31. The van der Waals surface area contributed by atoms with Crippen molar-refractivity contribution >= 4 is 22.5 Å². The average Bonchev–Trinajstić information content (AvgIpc) is 2.87. The Labute approximate surface area is 198 Å². The molecule has 1 fully saturated rings. The number of nitrogens with one attached hydrogen (secondary N) is 2. The van der Waals surface area contributed by atoms with Crippen LogP contribution in [0.3, 0.4) is 0 Å². The summed E-state index contributed by atoms with van der Waals surface area (Å²) in [5, 5.41) is 18.2. The first kappa shape index (κ1) is 22.6. The van der Waals surface area contributed by atoms with Gasteiger partial charge < -0.3 is 30.0 Å². The van der Waals surface area contributed by atoms with Crippen LogP contribution in [0.5, 0.6) is 11.5 Å². The summed E-state index contributed by atoms with van der Waals surface area (Å²) in [4.78, 5) is 16.0. The van der Waals surface area contributed by atoms with E-state index in [-0.39, 0.29) is 24.7 Å². The van der Waals surface area contributed by atoms with E-state index in [1.54, 1.807) is 13.3 Å². The highest BCUT2D eigenvalue weighted by Crippen LogP contribution is 2.31. The summed E-state index contributed by atoms with van der Waals surface area (Å²) in [6.45, 7) is 1.33. The van der Waals surface area contributed by atoms with Gasteiger partial charge in [-0.3, -0.25) is 9.78 Å². The molecular weight excluding hydrogens is 434 g/mol. The second-order valence-electron chi connectivity index (χ2n) is 8.82. The van der Waals surface area contributed by atoms with E-state index in [9.17, 15) is 9.90 Å². The number of nitrogens with zero attached hydrogens (tertiary/aromatic N) is 1. The molecule has 2 aliphatic heterocycles. The molecule has 8 heteroatoms. The third-order valence-corrected chi connectivity index (χ3v) is 6.46. The van der Waals surface area contributed by atoms with Gasteiger partial charge in [-0.25, -0.2) is 0 Å². The predicted molar refractivity (Wildman–Crippen MR) is 128 cm³/mol. The fraction of sp³-hybridized carbons (Fsp3) is 0.385. The lowest BCUT2D eigenvalue weighted by molar-refractivity contribution is -0.118. The summed E-state index contributed by atoms with van der Waals surface area (Å²) in [7, 11) is 1.61. The summed E-state index contributed by atoms with van der Waals surface area (Å²) in [5.74, 6) is 1.24. The zero-order chi connectivity index (χ0) is 23.5. The van der Waals surface area contributed by atoms with E-state index in [4.69, 9.17) is 14.2 Å². The third kappa shape index (κ3) is 4.99. The highest BCUT2D eigenvalue weighted by Gasteiger charge is 2.25. The molecule has 0 saturated carbocycles. The Kier molecular flexibility index (Phi) is 6.62. The molecule has 0 spiro atoms. The van der Waals surface area contributed by atoms with Gasteiger partial charge in [-0.1, -0.05) is 18.2 Å². The maximum absolute atomic E-state index is 11.5. The molecule has 0 bridgehead atoms. The summed E-state index contributed by atoms with van der Waals surface area (Å²) in [6, 6.07) is 13.8. The lowest BCUT2D eigenvalue weighted by Crippen LogP contribution is -2.39. The second-order valence-corrected chi connectivity index (χ2v) is 8.82. The van der Waals surface area contributed by atoms with Crippen LogP contribution in [0.1, 0.15) is 36.5 Å². The molecule has 1 aromatic heterocycles. The molecule has 2 aromatic carbocycles. The highest BCUT2D eigenvalue weighted by atomic mass is 16.5. The Bertz CT molecular complexity index is 1180. The second kappa shape index (κ2) is 9.97. The Morgan fingerprint density at radius 1 is 1.26 bits per heavy atom. The number of ether oxygens (including phenoxy) is 3. The van der Waals surface area contributed by atoms with Gasteiger partial charge in [0.2, 0.25) is 0 Å². The van der Waals surface area contributed by atoms with Crippen LogP contribution < -0.4 is 20.1 Å². The maximum atomic E-state index is 11.5. The predicted octanol–water partition coefficient (Wildman–Crippen LogP) is 3.34. The first-order valence-corrected chi connectivity index (χ1v) is 11.6. The molecule has 0 radical (unpaired) electrons. The van der Waals surface area contributed by atoms with Gasteiger partial charge in [-0.2, -0.15) is 0 Å². The Morgan fingerprint density at radius 3 is 3.00 bits per heavy atom. The molecule has 1 saturated heterocycles. The number of methoxy groups -OCH3 is 1. The van der Waals surface area contributed by atoms with Crippen LogP contribution in [0, 0.1) is 0 Å². The molecule has 8 nitrogen and oxygen atoms in total. The number of benzene rings is 2. The van der Waals surface area contributed by atoms with E-state index in [1.165, 1.54) is 0 Å². The van der Waals surface area contributed by atoms with Crippen LogP contribution in [0.4, 0.5) is 5.69 Å². The molecule has 5 rings (SSSR count). The summed E-state index contributed by atoms with van der Waals surface area (Å²) < 4.78 is 16.8. The third-order valence-electron chi connectivity index (χ3n) is 6.46. The van der Waals surface area contributed by atoms with Gasteiger partial charge in [0, 0.05) is 24.4 Å². The number of aliphatic hydroxyl groups is 1. The van der Waals surface area contributed by atoms with Crippen LogP contribution >= 0.6 is 0 Å². The van der Waals surface area contributed by atoms with Crippen molar-refractivity contribution in [3.05, 3.63) is 59.8 Å². The van der Waals surface area contributed by atoms with Gasteiger partial charge in [-0.15, -0.1) is 0 Å². The normalized spacial score (nSPS) is 20.8. The number of rotatable bonds is 7. The van der Waals surface area contributed by atoms with Crippen molar-refractivity contribution in [2.45, 2.75) is 44.1 Å². The molecule has 34 heavy (non-hydrogen) atoms. The fourth-order valence-corrected chi connectivity index (χ4v) is 4.59. The van der Waals surface area contributed by atoms with E-state index in [1.807, 2.05) is 42.5 Å². The average molecular weight is 464 g/mol. The maximum Gasteiger partial charge on any atom is 0.262 e. The minimum atomic E-state index is -0.639. The van der Waals surface area contributed by atoms with Crippen molar-refractivity contribution < 1.29 is 24.1 Å². The van der Waals surface area contributed by atoms with E-state index in [0.29, 0.717) is 36.8 Å². The number of fused-ring (bicyclic) bond motifs is 2. The van der Waals surface area contributed by atoms with Crippen LogP contribution in [-0.4, -0.2) is 48.5 Å². The molecule has 0 aliphatic carbocycles. The van der Waals surface area contributed by atoms with Crippen molar-refractivity contribution in [1.29, 1.82) is 0 Å². The molecular formula is C26H29N3O5. The molecule has 178 valence electrons. The van der Waals surface area contributed by atoms with Crippen molar-refractivity contribution in [3.63, 3.8) is 0 Å². The first-order valence-electron chi connectivity index (χ1n) is 11.6. The van der Waals surface area contributed by atoms with Crippen LogP contribution in [0.2, 0.25) is 0 Å². The fourth-order valence-electron chi connectivity index (χ4n) is 4.59. The number of carbonyl (C=O) groups is 1. The largest absolute Gasteiger partial charge is 0.495 e. The van der Waals surface area contributed by atoms with Crippen molar-refractivity contribution in [3.8, 4) is 11.5 Å². The zero-order valence-corrected chi connectivity index (χ0v) is 19.1. The van der Waals surface area contributed by atoms with Gasteiger partial charge in [0.25, 0.3) is 5.91 Å². The standard InChI is InChI=1S/C26H29N3O5/c1-32-19-10-21-20(3-2-4-22(21)28-13-19)24(30)11-18-7-6-17(14-33-18)27-12-16-5-8-25-23(9-16)29-26(31)15-34-25/h2-5,8-10,13,17-18,24,27,30H,6-7,11-12,14-15H2,1H3,(H,29,31)/t17-,18+,24?/m1/s1. The van der Waals surface area contributed by atoms with Crippen molar-refractivity contribution in [2.75, 3.05) is 25.6 Å². The number of pyridine rings is 1. The molecule has 3 aromatic rings. The molecule has 1 unspecified atom stereocenters. The zero-order valence-electron chi connectivity index (χ0n) is 19.1. The number of hydrogen-bond acceptors (Lipinski definition) is 7. The minimum absolute atomic E-state index is 0.00187. The van der Waals surface area contributed by atoms with Crippen molar-refractivity contribution in [2.24, 2.45) is 0 Å². The van der Waals surface area contributed by atoms with Gasteiger partial charge in [-0.05, 0) is 48.2 Å². The van der Waals surface area contributed by atoms with Crippen LogP contribution in [0.15, 0.2) is 48.7 Å². The lowest BCUT2D eigenvalue weighted by atomic mass is 9.95. The SMILES string of the molecule is COc1cnc2cccc(C(O)C[C@@H]3CC[C@@H](NCc4ccc5c(c4)NC(=O)CO5)CO3)c2c1. The first-order chi connectivity index (χ1) is 16.6. The molecule has 2 aliphatic rings. The Morgan fingerprint density at radius 2 is 2.18 bits per heavy atom. The van der Waals surface area contributed by atoms with E-state index < -0.39 is 6.10 Å². The number of amides is 1. The number of aliphatic hydroxyl groups excluding tert-OH is 1. The smallest absolute Gasteiger partial charge is 0.262 e. The van der Waals surface area contributed by atoms with Crippen LogP contribution in [-0.2, 0) is 16.1 Å². The monoisotopic (exact) mass is 463 g/mol. The minimum Gasteiger partial charge on any atom is -0.495 e. The number of carbonyl (C=O) groups excluding carboxylic acids is 1. The Hall–Kier alpha value is -3.20. The highest BCUT2D eigenvalue weighted by molar-refractivity contribution is 5.95. The Balaban J connectivity index is 1.14. The van der Waals surface area contributed by atoms with Gasteiger partial charge in [0.05, 0.1) is 43.3 Å². The quantitative estimate of drug-likeness (QED) is 0.494. The topological polar surface area (TPSA) is 102 Å². The number of aromatic nitrogens is 1. The molecule has 3 N–H and O–H groups in total. The number of anilines is 1. The van der Waals surface area contributed by atoms with Gasteiger partial charge >= 0.3 is 0 Å². The van der Waals surface area contributed by atoms with Crippen molar-refractivity contribution in [1.82, 2.24) is 10.3 Å². The summed E-state index contributed by atoms with van der Waals surface area (Å²) in [5.41, 5.74) is 3.46. The van der Waals surface area contributed by atoms with Gasteiger partial charge in [0.15, 0.2) is 6.61 Å². The number of hydrogen-bond donors (Lipinski definition) is 3. The molecule has 3 heterocycles. The summed E-state index contributed by atoms with van der Waals surface area (Å²) >= 11 is 0. The van der Waals surface area contributed by atoms with E-state index in [2.05, 4.69) is 15.6 Å². The van der Waals surface area contributed by atoms with Gasteiger partial charge in [0.1, 0.15) is 11.5 Å². The van der Waals surface area contributed by atoms with Crippen LogP contribution in [0.25, 0.3) is 10.9 Å². The summed E-state index contributed by atoms with van der Waals surface area (Å²) in [6.07, 6.45) is 3.41.